The number of nitrogens with one attached hydrogen (secondary N) is 1. The molecular weight excluding hydrogens is 303 g/mol. The van der Waals surface area contributed by atoms with Gasteiger partial charge in [-0.05, 0) is 28.7 Å². The zero-order valence-corrected chi connectivity index (χ0v) is 9.76. The number of methoxy groups -OCH3 is 1. The normalized spacial score (nSPS) is 30.3. The summed E-state index contributed by atoms with van der Waals surface area (Å²) in [7, 11) is 1.39. The molecule has 2 aliphatic heterocycles. The Morgan fingerprint density at radius 1 is 1.85 bits per heavy atom. The van der Waals surface area contributed by atoms with E-state index < -0.39 is 0 Å². The van der Waals surface area contributed by atoms with Gasteiger partial charge in [0.15, 0.2) is 0 Å². The summed E-state index contributed by atoms with van der Waals surface area (Å²) in [6, 6.07) is 0.158. The first kappa shape index (κ1) is 9.32. The molecule has 0 saturated heterocycles. The Balaban J connectivity index is 2.11. The molecule has 0 aromatic rings. The summed E-state index contributed by atoms with van der Waals surface area (Å²) in [5, 5.41) is 4.34. The second-order valence-corrected chi connectivity index (χ2v) is 4.94. The lowest BCUT2D eigenvalue weighted by molar-refractivity contribution is -0.135. The molecule has 2 rings (SSSR count). The zero-order chi connectivity index (χ0) is 9.42. The fraction of sp³-hybridized carbons (Fsp3) is 0.429. The van der Waals surface area contributed by atoms with E-state index in [4.69, 9.17) is 0 Å². The maximum Gasteiger partial charge on any atom is 0.344 e. The van der Waals surface area contributed by atoms with Crippen molar-refractivity contribution >= 4 is 44.0 Å². The molecule has 0 fully saturated rings. The number of ether oxygens (including phenoxy) is 1. The predicted molar refractivity (Wildman–Crippen MR) is 59.9 cm³/mol. The van der Waals surface area contributed by atoms with Crippen LogP contribution in [0.15, 0.2) is 16.1 Å². The lowest BCUT2D eigenvalue weighted by atomic mass is 10.2. The van der Waals surface area contributed by atoms with Crippen molar-refractivity contribution in [1.82, 2.24) is 5.43 Å². The van der Waals surface area contributed by atoms with E-state index in [1.54, 1.807) is 0 Å². The number of hydrogen-bond acceptors (Lipinski definition) is 5. The summed E-state index contributed by atoms with van der Waals surface area (Å²) in [4.78, 5) is 11.8. The molecule has 0 aliphatic carbocycles. The van der Waals surface area contributed by atoms with Crippen LogP contribution < -0.4 is 5.43 Å². The van der Waals surface area contributed by atoms with Gasteiger partial charge < -0.3 is 10.2 Å². The highest BCUT2D eigenvalue weighted by molar-refractivity contribution is 14.1. The fourth-order valence-corrected chi connectivity index (χ4v) is 3.24. The van der Waals surface area contributed by atoms with Crippen molar-refractivity contribution in [3.63, 3.8) is 0 Å². The third kappa shape index (κ3) is 1.56. The van der Waals surface area contributed by atoms with Gasteiger partial charge in [-0.25, -0.2) is 4.79 Å². The first-order valence-corrected chi connectivity index (χ1v) is 5.63. The molecule has 0 amide bonds. The smallest absolute Gasteiger partial charge is 0.344 e. The quantitative estimate of drug-likeness (QED) is 0.577. The van der Waals surface area contributed by atoms with Crippen LogP contribution in [0.3, 0.4) is 0 Å². The number of fused-ring (bicyclic) bond motifs is 1. The van der Waals surface area contributed by atoms with E-state index in [0.29, 0.717) is 4.91 Å². The SMILES string of the molecule is COC(=O)C1=CC2NN=C(I)C2S1. The molecule has 2 atom stereocenters. The largest absolute Gasteiger partial charge is 0.465 e. The first-order chi connectivity index (χ1) is 6.22. The molecule has 0 aromatic carbocycles. The number of esters is 1. The molecule has 1 N–H and O–H groups in total. The summed E-state index contributed by atoms with van der Waals surface area (Å²) < 4.78 is 5.64. The minimum absolute atomic E-state index is 0.158. The van der Waals surface area contributed by atoms with Crippen molar-refractivity contribution in [2.24, 2.45) is 5.10 Å². The van der Waals surface area contributed by atoms with E-state index in [-0.39, 0.29) is 17.3 Å². The number of thioether (sulfide) groups is 1. The number of hydrogen-bond donors (Lipinski definition) is 1. The number of rotatable bonds is 1. The molecule has 0 aromatic heterocycles. The number of halogens is 1. The van der Waals surface area contributed by atoms with Gasteiger partial charge in [0.25, 0.3) is 0 Å². The van der Waals surface area contributed by atoms with Crippen LogP contribution in [0.25, 0.3) is 0 Å². The Morgan fingerprint density at radius 3 is 3.23 bits per heavy atom. The lowest BCUT2D eigenvalue weighted by Gasteiger charge is -2.05. The molecule has 0 radical (unpaired) electrons. The van der Waals surface area contributed by atoms with Crippen molar-refractivity contribution < 1.29 is 9.53 Å². The second-order valence-electron chi connectivity index (χ2n) is 2.65. The van der Waals surface area contributed by atoms with Gasteiger partial charge in [-0.1, -0.05) is 0 Å². The highest BCUT2D eigenvalue weighted by atomic mass is 127. The Kier molecular flexibility index (Phi) is 2.50. The summed E-state index contributed by atoms with van der Waals surface area (Å²) in [6.45, 7) is 0. The van der Waals surface area contributed by atoms with E-state index in [1.165, 1.54) is 18.9 Å². The Bertz CT molecular complexity index is 316. The van der Waals surface area contributed by atoms with Crippen molar-refractivity contribution in [2.75, 3.05) is 7.11 Å². The van der Waals surface area contributed by atoms with Crippen molar-refractivity contribution in [3.8, 4) is 0 Å². The van der Waals surface area contributed by atoms with Crippen LogP contribution in [0.5, 0.6) is 0 Å². The number of carbonyl (C=O) groups is 1. The molecule has 2 heterocycles. The van der Waals surface area contributed by atoms with E-state index in [9.17, 15) is 4.79 Å². The fourth-order valence-electron chi connectivity index (χ4n) is 1.22. The van der Waals surface area contributed by atoms with Crippen LogP contribution in [-0.4, -0.2) is 28.1 Å². The zero-order valence-electron chi connectivity index (χ0n) is 6.78. The van der Waals surface area contributed by atoms with Gasteiger partial charge in [0.1, 0.15) is 3.72 Å². The van der Waals surface area contributed by atoms with Gasteiger partial charge in [0.05, 0.1) is 23.3 Å². The summed E-state index contributed by atoms with van der Waals surface area (Å²) in [6.07, 6.45) is 1.87. The molecule has 13 heavy (non-hydrogen) atoms. The molecule has 6 heteroatoms. The third-order valence-electron chi connectivity index (χ3n) is 1.85. The molecule has 4 nitrogen and oxygen atoms in total. The van der Waals surface area contributed by atoms with Gasteiger partial charge in [0.2, 0.25) is 0 Å². The average molecular weight is 310 g/mol. The summed E-state index contributed by atoms with van der Waals surface area (Å²) in [5.74, 6) is -0.259. The lowest BCUT2D eigenvalue weighted by Crippen LogP contribution is -2.24. The molecule has 0 spiro atoms. The third-order valence-corrected chi connectivity index (χ3v) is 4.51. The standard InChI is InChI=1S/C7H7IN2O2S/c1-12-7(11)4-2-3-5(13-4)6(8)10-9-3/h2-3,5,9H,1H3. The molecule has 0 saturated carbocycles. The number of nitrogens with zero attached hydrogens (tertiary/aromatic N) is 1. The van der Waals surface area contributed by atoms with Gasteiger partial charge in [0, 0.05) is 0 Å². The Morgan fingerprint density at radius 2 is 2.62 bits per heavy atom. The highest BCUT2D eigenvalue weighted by Crippen LogP contribution is 2.37. The molecule has 2 aliphatic rings. The van der Waals surface area contributed by atoms with Crippen LogP contribution >= 0.6 is 34.4 Å². The predicted octanol–water partition coefficient (Wildman–Crippen LogP) is 0.879. The maximum atomic E-state index is 11.2. The van der Waals surface area contributed by atoms with Gasteiger partial charge >= 0.3 is 5.97 Å². The van der Waals surface area contributed by atoms with Gasteiger partial charge in [-0.15, -0.1) is 11.8 Å². The Hall–Kier alpha value is -0.240. The highest BCUT2D eigenvalue weighted by Gasteiger charge is 2.37. The van der Waals surface area contributed by atoms with Crippen molar-refractivity contribution in [2.45, 2.75) is 11.3 Å². The van der Waals surface area contributed by atoms with Crippen LogP contribution in [0.1, 0.15) is 0 Å². The number of carbonyl (C=O) groups excluding carboxylic acids is 1. The maximum absolute atomic E-state index is 11.2. The topological polar surface area (TPSA) is 50.7 Å². The average Bonchev–Trinajstić information content (AvgIpc) is 2.67. The van der Waals surface area contributed by atoms with E-state index in [2.05, 4.69) is 37.9 Å². The van der Waals surface area contributed by atoms with Crippen LogP contribution in [-0.2, 0) is 9.53 Å². The van der Waals surface area contributed by atoms with Crippen LogP contribution in [0.4, 0.5) is 0 Å². The van der Waals surface area contributed by atoms with Gasteiger partial charge in [-0.3, -0.25) is 0 Å². The molecular formula is C7H7IN2O2S. The number of hydrazone groups is 1. The van der Waals surface area contributed by atoms with E-state index in [1.807, 2.05) is 6.08 Å². The van der Waals surface area contributed by atoms with E-state index in [0.717, 1.165) is 3.72 Å². The summed E-state index contributed by atoms with van der Waals surface area (Å²) in [5.41, 5.74) is 2.95. The second kappa shape index (κ2) is 3.49. The summed E-state index contributed by atoms with van der Waals surface area (Å²) >= 11 is 3.68. The van der Waals surface area contributed by atoms with Crippen LogP contribution in [0, 0.1) is 0 Å². The minimum Gasteiger partial charge on any atom is -0.465 e. The monoisotopic (exact) mass is 310 g/mol. The first-order valence-electron chi connectivity index (χ1n) is 3.68. The van der Waals surface area contributed by atoms with Crippen LogP contribution in [0.2, 0.25) is 0 Å². The molecule has 2 unspecified atom stereocenters. The van der Waals surface area contributed by atoms with Gasteiger partial charge in [-0.2, -0.15) is 5.10 Å². The Labute approximate surface area is 93.3 Å². The van der Waals surface area contributed by atoms with Crippen molar-refractivity contribution in [3.05, 3.63) is 11.0 Å². The van der Waals surface area contributed by atoms with Crippen molar-refractivity contribution in [1.29, 1.82) is 0 Å². The minimum atomic E-state index is -0.259. The van der Waals surface area contributed by atoms with E-state index >= 15 is 0 Å². The molecule has 70 valence electrons. The molecule has 0 bridgehead atoms.